The molecule has 2 N–H and O–H groups in total. The van der Waals surface area contributed by atoms with E-state index in [0.29, 0.717) is 12.5 Å². The average Bonchev–Trinajstić information content (AvgIpc) is 2.12. The van der Waals surface area contributed by atoms with Gasteiger partial charge in [0.2, 0.25) is 5.91 Å². The molecule has 0 aliphatic heterocycles. The summed E-state index contributed by atoms with van der Waals surface area (Å²) in [7, 11) is 1.87. The second-order valence-electron chi connectivity index (χ2n) is 4.12. The first-order valence-electron chi connectivity index (χ1n) is 5.12. The highest BCUT2D eigenvalue weighted by Crippen LogP contribution is 2.27. The number of amides is 1. The molecule has 0 aromatic carbocycles. The van der Waals surface area contributed by atoms with Crippen LogP contribution in [0.5, 0.6) is 0 Å². The first-order valence-corrected chi connectivity index (χ1v) is 5.12. The van der Waals surface area contributed by atoms with Crippen molar-refractivity contribution in [2.75, 3.05) is 26.7 Å². The topological polar surface area (TPSA) is 76.4 Å². The summed E-state index contributed by atoms with van der Waals surface area (Å²) >= 11 is 0. The minimum Gasteiger partial charge on any atom is -0.393 e. The number of nitriles is 1. The van der Waals surface area contributed by atoms with Gasteiger partial charge in [-0.05, 0) is 25.8 Å². The van der Waals surface area contributed by atoms with Crippen molar-refractivity contribution in [1.29, 1.82) is 5.26 Å². The van der Waals surface area contributed by atoms with Crippen molar-refractivity contribution >= 4 is 5.91 Å². The number of nitrogens with zero attached hydrogens (tertiary/aromatic N) is 2. The summed E-state index contributed by atoms with van der Waals surface area (Å²) in [6, 6.07) is 1.86. The molecule has 15 heavy (non-hydrogen) atoms. The summed E-state index contributed by atoms with van der Waals surface area (Å²) in [4.78, 5) is 13.1. The van der Waals surface area contributed by atoms with Gasteiger partial charge in [-0.3, -0.25) is 9.69 Å². The summed E-state index contributed by atoms with van der Waals surface area (Å²) in [5.74, 6) is 0.382. The lowest BCUT2D eigenvalue weighted by molar-refractivity contribution is -0.122. The molecule has 84 valence electrons. The van der Waals surface area contributed by atoms with Crippen molar-refractivity contribution in [3.05, 3.63) is 0 Å². The zero-order valence-electron chi connectivity index (χ0n) is 8.94. The van der Waals surface area contributed by atoms with E-state index < -0.39 is 0 Å². The van der Waals surface area contributed by atoms with E-state index >= 15 is 0 Å². The third kappa shape index (κ3) is 4.28. The van der Waals surface area contributed by atoms with Crippen LogP contribution in [0.15, 0.2) is 0 Å². The third-order valence-corrected chi connectivity index (χ3v) is 2.56. The standard InChI is InChI=1S/C10H17N3O2/c1-13(6-8-4-9(14)5-8)7-10(15)12-3-2-11/h8-9,14H,3-7H2,1H3,(H,12,15). The molecule has 0 heterocycles. The number of hydrogen-bond acceptors (Lipinski definition) is 4. The predicted molar refractivity (Wildman–Crippen MR) is 54.9 cm³/mol. The number of carbonyl (C=O) groups is 1. The Bertz CT molecular complexity index is 256. The maximum atomic E-state index is 11.2. The van der Waals surface area contributed by atoms with Gasteiger partial charge in [-0.25, -0.2) is 0 Å². The molecule has 0 aromatic heterocycles. The van der Waals surface area contributed by atoms with Crippen molar-refractivity contribution in [3.8, 4) is 6.07 Å². The maximum Gasteiger partial charge on any atom is 0.234 e. The van der Waals surface area contributed by atoms with Crippen LogP contribution in [0.3, 0.4) is 0 Å². The maximum absolute atomic E-state index is 11.2. The van der Waals surface area contributed by atoms with Crippen molar-refractivity contribution < 1.29 is 9.90 Å². The summed E-state index contributed by atoms with van der Waals surface area (Å²) < 4.78 is 0. The van der Waals surface area contributed by atoms with E-state index in [1.54, 1.807) is 0 Å². The SMILES string of the molecule is CN(CC(=O)NCC#N)CC1CC(O)C1. The van der Waals surface area contributed by atoms with E-state index in [1.165, 1.54) is 0 Å². The second kappa shape index (κ2) is 5.69. The van der Waals surface area contributed by atoms with Crippen LogP contribution in [-0.2, 0) is 4.79 Å². The Morgan fingerprint density at radius 2 is 2.33 bits per heavy atom. The Balaban J connectivity index is 2.10. The smallest absolute Gasteiger partial charge is 0.234 e. The number of nitrogens with one attached hydrogen (secondary N) is 1. The third-order valence-electron chi connectivity index (χ3n) is 2.56. The normalized spacial score (nSPS) is 24.4. The van der Waals surface area contributed by atoms with Gasteiger partial charge >= 0.3 is 0 Å². The minimum absolute atomic E-state index is 0.0643. The molecule has 1 fully saturated rings. The predicted octanol–water partition coefficient (Wildman–Crippen LogP) is -0.671. The summed E-state index contributed by atoms with van der Waals surface area (Å²) in [5, 5.41) is 19.9. The fourth-order valence-corrected chi connectivity index (χ4v) is 1.79. The Labute approximate surface area is 89.7 Å². The van der Waals surface area contributed by atoms with Gasteiger partial charge in [0.1, 0.15) is 6.54 Å². The second-order valence-corrected chi connectivity index (χ2v) is 4.12. The molecule has 0 spiro atoms. The quantitative estimate of drug-likeness (QED) is 0.591. The number of likely N-dealkylation sites (N-methyl/N-ethyl adjacent to an activating group) is 1. The van der Waals surface area contributed by atoms with Crippen LogP contribution in [0.4, 0.5) is 0 Å². The van der Waals surface area contributed by atoms with Gasteiger partial charge in [0.15, 0.2) is 0 Å². The molecular weight excluding hydrogens is 194 g/mol. The highest BCUT2D eigenvalue weighted by molar-refractivity contribution is 5.78. The van der Waals surface area contributed by atoms with Crippen molar-refractivity contribution in [2.45, 2.75) is 18.9 Å². The van der Waals surface area contributed by atoms with Gasteiger partial charge in [-0.15, -0.1) is 0 Å². The molecule has 1 rings (SSSR count). The van der Waals surface area contributed by atoms with Crippen LogP contribution < -0.4 is 5.32 Å². The van der Waals surface area contributed by atoms with E-state index in [0.717, 1.165) is 19.4 Å². The van der Waals surface area contributed by atoms with E-state index in [1.807, 2.05) is 18.0 Å². The first-order chi connectivity index (χ1) is 7.11. The van der Waals surface area contributed by atoms with E-state index in [-0.39, 0.29) is 18.6 Å². The number of carbonyl (C=O) groups excluding carboxylic acids is 1. The number of aliphatic hydroxyl groups excluding tert-OH is 1. The van der Waals surface area contributed by atoms with Crippen LogP contribution in [0.25, 0.3) is 0 Å². The van der Waals surface area contributed by atoms with E-state index in [2.05, 4.69) is 5.32 Å². The molecule has 0 saturated heterocycles. The Kier molecular flexibility index (Phi) is 4.53. The fourth-order valence-electron chi connectivity index (χ4n) is 1.79. The first kappa shape index (κ1) is 12.0. The van der Waals surface area contributed by atoms with Gasteiger partial charge < -0.3 is 10.4 Å². The van der Waals surface area contributed by atoms with Crippen LogP contribution in [0.2, 0.25) is 0 Å². The Morgan fingerprint density at radius 3 is 2.87 bits per heavy atom. The summed E-state index contributed by atoms with van der Waals surface area (Å²) in [6.45, 7) is 1.21. The van der Waals surface area contributed by atoms with Gasteiger partial charge in [0, 0.05) is 6.54 Å². The average molecular weight is 211 g/mol. The lowest BCUT2D eigenvalue weighted by atomic mass is 9.82. The Hall–Kier alpha value is -1.12. The molecule has 0 radical (unpaired) electrons. The fraction of sp³-hybridized carbons (Fsp3) is 0.800. The minimum atomic E-state index is -0.143. The zero-order chi connectivity index (χ0) is 11.3. The molecule has 0 unspecified atom stereocenters. The van der Waals surface area contributed by atoms with Crippen LogP contribution in [0, 0.1) is 17.2 Å². The highest BCUT2D eigenvalue weighted by Gasteiger charge is 2.28. The van der Waals surface area contributed by atoms with Crippen molar-refractivity contribution in [1.82, 2.24) is 10.2 Å². The summed E-state index contributed by atoms with van der Waals surface area (Å²) in [6.07, 6.45) is 1.53. The zero-order valence-corrected chi connectivity index (χ0v) is 8.94. The molecule has 0 atom stereocenters. The van der Waals surface area contributed by atoms with Crippen LogP contribution in [0.1, 0.15) is 12.8 Å². The number of aliphatic hydroxyl groups is 1. The van der Waals surface area contributed by atoms with Gasteiger partial charge in [0.25, 0.3) is 0 Å². The lowest BCUT2D eigenvalue weighted by Crippen LogP contribution is -2.41. The number of hydrogen-bond donors (Lipinski definition) is 2. The molecule has 5 heteroatoms. The molecule has 5 nitrogen and oxygen atoms in total. The largest absolute Gasteiger partial charge is 0.393 e. The Morgan fingerprint density at radius 1 is 1.67 bits per heavy atom. The van der Waals surface area contributed by atoms with Gasteiger partial charge in [-0.1, -0.05) is 0 Å². The van der Waals surface area contributed by atoms with Crippen molar-refractivity contribution in [3.63, 3.8) is 0 Å². The lowest BCUT2D eigenvalue weighted by Gasteiger charge is -2.34. The molecule has 0 aromatic rings. The van der Waals surface area contributed by atoms with E-state index in [9.17, 15) is 4.79 Å². The highest BCUT2D eigenvalue weighted by atomic mass is 16.3. The molecule has 1 aliphatic rings. The number of rotatable bonds is 5. The monoisotopic (exact) mass is 211 g/mol. The van der Waals surface area contributed by atoms with Crippen LogP contribution in [-0.4, -0.2) is 48.7 Å². The van der Waals surface area contributed by atoms with Crippen molar-refractivity contribution in [2.24, 2.45) is 5.92 Å². The molecule has 1 saturated carbocycles. The molecule has 1 amide bonds. The molecular formula is C10H17N3O2. The van der Waals surface area contributed by atoms with Gasteiger partial charge in [0.05, 0.1) is 18.7 Å². The van der Waals surface area contributed by atoms with E-state index in [4.69, 9.17) is 10.4 Å². The summed E-state index contributed by atoms with van der Waals surface area (Å²) in [5.41, 5.74) is 0. The van der Waals surface area contributed by atoms with Gasteiger partial charge in [-0.2, -0.15) is 5.26 Å². The molecule has 0 bridgehead atoms. The van der Waals surface area contributed by atoms with Crippen LogP contribution >= 0.6 is 0 Å². The molecule has 1 aliphatic carbocycles.